The molecule has 1 atom stereocenters. The number of nitrogens with one attached hydrogen (secondary N) is 2. The maximum absolute atomic E-state index is 13.8. The second kappa shape index (κ2) is 7.56. The topological polar surface area (TPSA) is 93.4 Å². The first-order valence-corrected chi connectivity index (χ1v) is 8.10. The van der Waals surface area contributed by atoms with E-state index in [-0.39, 0.29) is 22.9 Å². The molecule has 0 unspecified atom stereocenters. The van der Waals surface area contributed by atoms with Crippen LogP contribution in [0.4, 0.5) is 26.5 Å². The predicted molar refractivity (Wildman–Crippen MR) is 92.2 cm³/mol. The van der Waals surface area contributed by atoms with Gasteiger partial charge in [-0.25, -0.2) is 13.8 Å². The van der Waals surface area contributed by atoms with Gasteiger partial charge in [0.2, 0.25) is 17.2 Å². The molecule has 3 heterocycles. The Morgan fingerprint density at radius 2 is 1.96 bits per heavy atom. The van der Waals surface area contributed by atoms with Gasteiger partial charge in [-0.15, -0.1) is 0 Å². The lowest BCUT2D eigenvalue weighted by Gasteiger charge is -2.14. The first-order chi connectivity index (χ1) is 12.4. The van der Waals surface area contributed by atoms with Gasteiger partial charge in [-0.1, -0.05) is 0 Å². The van der Waals surface area contributed by atoms with E-state index in [1.165, 1.54) is 0 Å². The summed E-state index contributed by atoms with van der Waals surface area (Å²) >= 11 is 5.92. The number of pyridine rings is 1. The Bertz CT molecular complexity index is 916. The number of nitrogens with zero attached hydrogens (tertiary/aromatic N) is 6. The van der Waals surface area contributed by atoms with Crippen molar-refractivity contribution in [3.63, 3.8) is 0 Å². The fourth-order valence-electron chi connectivity index (χ4n) is 2.19. The third-order valence-electron chi connectivity index (χ3n) is 3.44. The van der Waals surface area contributed by atoms with E-state index in [1.807, 2.05) is 11.5 Å². The number of imidazole rings is 1. The van der Waals surface area contributed by atoms with Gasteiger partial charge in [-0.2, -0.15) is 15.0 Å². The van der Waals surface area contributed by atoms with Crippen LogP contribution in [0, 0.1) is 11.6 Å². The highest BCUT2D eigenvalue weighted by molar-refractivity contribution is 6.28. The Hall–Kier alpha value is -2.88. The molecule has 136 valence electrons. The predicted octanol–water partition coefficient (Wildman–Crippen LogP) is 3.33. The summed E-state index contributed by atoms with van der Waals surface area (Å²) in [4.78, 5) is 20.0. The molecule has 0 saturated carbocycles. The molecule has 0 aliphatic carbocycles. The summed E-state index contributed by atoms with van der Waals surface area (Å²) in [5.74, 6) is -0.693. The van der Waals surface area contributed by atoms with Crippen molar-refractivity contribution >= 4 is 29.3 Å². The van der Waals surface area contributed by atoms with E-state index in [4.69, 9.17) is 11.6 Å². The minimum atomic E-state index is -0.770. The molecule has 8 nitrogen and oxygen atoms in total. The summed E-state index contributed by atoms with van der Waals surface area (Å²) in [6.45, 7) is 4.39. The molecule has 3 aromatic rings. The highest BCUT2D eigenvalue weighted by atomic mass is 35.5. The molecular weight excluding hydrogens is 366 g/mol. The van der Waals surface area contributed by atoms with Gasteiger partial charge in [-0.05, 0) is 25.4 Å². The number of hydrogen-bond donors (Lipinski definition) is 2. The van der Waals surface area contributed by atoms with E-state index in [9.17, 15) is 8.78 Å². The number of aryl methyl sites for hydroxylation is 1. The van der Waals surface area contributed by atoms with Crippen LogP contribution in [0.3, 0.4) is 0 Å². The zero-order valence-corrected chi connectivity index (χ0v) is 14.7. The maximum Gasteiger partial charge on any atom is 0.234 e. The normalized spacial score (nSPS) is 12.0. The van der Waals surface area contributed by atoms with E-state index < -0.39 is 17.7 Å². The van der Waals surface area contributed by atoms with Crippen LogP contribution in [0.25, 0.3) is 0 Å². The smallest absolute Gasteiger partial charge is 0.234 e. The lowest BCUT2D eigenvalue weighted by atomic mass is 10.2. The van der Waals surface area contributed by atoms with Crippen LogP contribution < -0.4 is 10.6 Å². The minimum Gasteiger partial charge on any atom is -0.346 e. The SMILES string of the molecule is CCn1cnc(Nc2nc(Cl)nc(N[C@@H](C)c3ncc(F)cc3F)n2)c1. The maximum atomic E-state index is 13.8. The van der Waals surface area contributed by atoms with E-state index >= 15 is 0 Å². The van der Waals surface area contributed by atoms with Crippen molar-refractivity contribution < 1.29 is 8.78 Å². The number of anilines is 3. The van der Waals surface area contributed by atoms with Gasteiger partial charge in [0.05, 0.1) is 24.3 Å². The Labute approximate surface area is 152 Å². The summed E-state index contributed by atoms with van der Waals surface area (Å²) in [7, 11) is 0. The van der Waals surface area contributed by atoms with E-state index in [1.54, 1.807) is 19.4 Å². The van der Waals surface area contributed by atoms with Crippen molar-refractivity contribution in [2.24, 2.45) is 0 Å². The van der Waals surface area contributed by atoms with Crippen LogP contribution >= 0.6 is 11.6 Å². The van der Waals surface area contributed by atoms with Gasteiger partial charge in [0, 0.05) is 18.8 Å². The summed E-state index contributed by atoms with van der Waals surface area (Å²) in [6, 6.07) is 0.138. The van der Waals surface area contributed by atoms with Crippen LogP contribution in [0.2, 0.25) is 5.28 Å². The minimum absolute atomic E-state index is 0.0270. The molecule has 0 aliphatic rings. The Balaban J connectivity index is 1.78. The molecule has 0 fully saturated rings. The van der Waals surface area contributed by atoms with Crippen molar-refractivity contribution in [2.75, 3.05) is 10.6 Å². The van der Waals surface area contributed by atoms with Gasteiger partial charge in [0.25, 0.3) is 0 Å². The third-order valence-corrected chi connectivity index (χ3v) is 3.61. The summed E-state index contributed by atoms with van der Waals surface area (Å²) in [6.07, 6.45) is 4.38. The molecule has 11 heteroatoms. The van der Waals surface area contributed by atoms with Crippen LogP contribution in [0.5, 0.6) is 0 Å². The molecule has 0 aromatic carbocycles. The van der Waals surface area contributed by atoms with E-state index in [2.05, 4.69) is 35.6 Å². The largest absolute Gasteiger partial charge is 0.346 e. The average Bonchev–Trinajstić information content (AvgIpc) is 3.01. The molecule has 0 spiro atoms. The lowest BCUT2D eigenvalue weighted by molar-refractivity contribution is 0.549. The molecule has 0 bridgehead atoms. The van der Waals surface area contributed by atoms with Crippen molar-refractivity contribution in [3.8, 4) is 0 Å². The molecule has 26 heavy (non-hydrogen) atoms. The standard InChI is InChI=1S/C15H15ClF2N8/c1-3-26-6-11(20-7-26)22-15-24-13(16)23-14(25-15)21-8(2)12-10(18)4-9(17)5-19-12/h4-8H,3H2,1-2H3,(H2,21,22,23,24,25)/t8-/m0/s1. The first kappa shape index (κ1) is 17.9. The summed E-state index contributed by atoms with van der Waals surface area (Å²) in [5, 5.41) is 5.72. The van der Waals surface area contributed by atoms with Gasteiger partial charge < -0.3 is 15.2 Å². The highest BCUT2D eigenvalue weighted by Crippen LogP contribution is 2.20. The van der Waals surface area contributed by atoms with Crippen LogP contribution in [0.1, 0.15) is 25.6 Å². The van der Waals surface area contributed by atoms with Gasteiger partial charge >= 0.3 is 0 Å². The van der Waals surface area contributed by atoms with Crippen LogP contribution in [-0.4, -0.2) is 29.5 Å². The molecule has 0 aliphatic heterocycles. The Morgan fingerprint density at radius 1 is 1.19 bits per heavy atom. The van der Waals surface area contributed by atoms with Crippen LogP contribution in [-0.2, 0) is 6.54 Å². The van der Waals surface area contributed by atoms with Crippen molar-refractivity contribution in [1.82, 2.24) is 29.5 Å². The van der Waals surface area contributed by atoms with Crippen LogP contribution in [0.15, 0.2) is 24.8 Å². The van der Waals surface area contributed by atoms with Crippen molar-refractivity contribution in [2.45, 2.75) is 26.4 Å². The Kier molecular flexibility index (Phi) is 5.21. The number of hydrogen-bond acceptors (Lipinski definition) is 7. The van der Waals surface area contributed by atoms with Gasteiger partial charge in [0.1, 0.15) is 11.6 Å². The summed E-state index contributed by atoms with van der Waals surface area (Å²) < 4.78 is 28.7. The van der Waals surface area contributed by atoms with Gasteiger partial charge in [-0.3, -0.25) is 4.98 Å². The second-order valence-corrected chi connectivity index (χ2v) is 5.69. The number of aromatic nitrogens is 6. The molecule has 0 saturated heterocycles. The highest BCUT2D eigenvalue weighted by Gasteiger charge is 2.16. The lowest BCUT2D eigenvalue weighted by Crippen LogP contribution is -2.14. The quantitative estimate of drug-likeness (QED) is 0.677. The van der Waals surface area contributed by atoms with E-state index in [0.717, 1.165) is 18.8 Å². The zero-order valence-electron chi connectivity index (χ0n) is 13.9. The number of halogens is 3. The average molecular weight is 381 g/mol. The number of rotatable bonds is 6. The molecule has 3 aromatic heterocycles. The fraction of sp³-hybridized carbons (Fsp3) is 0.267. The molecule has 0 radical (unpaired) electrons. The fourth-order valence-corrected chi connectivity index (χ4v) is 2.35. The molecule has 3 rings (SSSR count). The summed E-state index contributed by atoms with van der Waals surface area (Å²) in [5.41, 5.74) is 0.0270. The first-order valence-electron chi connectivity index (χ1n) is 7.72. The molecular formula is C15H15ClF2N8. The molecule has 2 N–H and O–H groups in total. The zero-order chi connectivity index (χ0) is 18.7. The Morgan fingerprint density at radius 3 is 2.65 bits per heavy atom. The monoisotopic (exact) mass is 380 g/mol. The third kappa shape index (κ3) is 4.20. The van der Waals surface area contributed by atoms with Crippen molar-refractivity contribution in [1.29, 1.82) is 0 Å². The van der Waals surface area contributed by atoms with Gasteiger partial charge in [0.15, 0.2) is 5.82 Å². The molecule has 0 amide bonds. The second-order valence-electron chi connectivity index (χ2n) is 5.35. The van der Waals surface area contributed by atoms with Crippen molar-refractivity contribution in [3.05, 3.63) is 47.4 Å². The van der Waals surface area contributed by atoms with E-state index in [0.29, 0.717) is 5.82 Å².